The minimum absolute atomic E-state index is 0.795. The van der Waals surface area contributed by atoms with E-state index in [1.165, 1.54) is 0 Å². The molecule has 3 aromatic rings. The number of aromatic nitrogens is 4. The standard InChI is InChI=1S/C13H10N4O/c1-2-4-9(5-3-1)12-14-15-13-11-10(8-18-16-11)6-7-17(12)13/h1-5,8H,6-7H2. The zero-order chi connectivity index (χ0) is 11.9. The largest absolute Gasteiger partial charge is 0.364 e. The molecule has 5 nitrogen and oxygen atoms in total. The van der Waals surface area contributed by atoms with Crippen LogP contribution in [0.5, 0.6) is 0 Å². The first-order valence-electron chi connectivity index (χ1n) is 5.86. The fourth-order valence-corrected chi connectivity index (χ4v) is 2.34. The first kappa shape index (κ1) is 9.58. The van der Waals surface area contributed by atoms with Crippen molar-refractivity contribution in [2.24, 2.45) is 0 Å². The summed E-state index contributed by atoms with van der Waals surface area (Å²) in [5, 5.41) is 12.5. The number of nitrogens with zero attached hydrogens (tertiary/aromatic N) is 4. The van der Waals surface area contributed by atoms with E-state index in [2.05, 4.69) is 19.9 Å². The fraction of sp³-hybridized carbons (Fsp3) is 0.154. The minimum atomic E-state index is 0.795. The molecule has 18 heavy (non-hydrogen) atoms. The molecule has 0 aliphatic carbocycles. The molecule has 0 amide bonds. The quantitative estimate of drug-likeness (QED) is 0.651. The molecular weight excluding hydrogens is 228 g/mol. The monoisotopic (exact) mass is 238 g/mol. The van der Waals surface area contributed by atoms with Crippen LogP contribution in [0.4, 0.5) is 0 Å². The zero-order valence-electron chi connectivity index (χ0n) is 9.58. The second kappa shape index (κ2) is 3.53. The van der Waals surface area contributed by atoms with Crippen molar-refractivity contribution in [3.8, 4) is 22.9 Å². The molecule has 0 unspecified atom stereocenters. The van der Waals surface area contributed by atoms with Crippen LogP contribution < -0.4 is 0 Å². The highest BCUT2D eigenvalue weighted by Crippen LogP contribution is 2.30. The van der Waals surface area contributed by atoms with Gasteiger partial charge in [0, 0.05) is 17.7 Å². The van der Waals surface area contributed by atoms with Crippen LogP contribution in [-0.4, -0.2) is 19.9 Å². The second-order valence-electron chi connectivity index (χ2n) is 4.30. The van der Waals surface area contributed by atoms with Crippen molar-refractivity contribution in [2.75, 3.05) is 0 Å². The van der Waals surface area contributed by atoms with Gasteiger partial charge in [-0.15, -0.1) is 10.2 Å². The summed E-state index contributed by atoms with van der Waals surface area (Å²) in [6.45, 7) is 0.862. The number of benzene rings is 1. The van der Waals surface area contributed by atoms with Gasteiger partial charge in [-0.2, -0.15) is 0 Å². The summed E-state index contributed by atoms with van der Waals surface area (Å²) in [5.41, 5.74) is 2.99. The van der Waals surface area contributed by atoms with Gasteiger partial charge >= 0.3 is 0 Å². The Bertz CT molecular complexity index is 699. The molecule has 1 aliphatic heterocycles. The number of aryl methyl sites for hydroxylation is 1. The van der Waals surface area contributed by atoms with Crippen molar-refractivity contribution in [2.45, 2.75) is 13.0 Å². The van der Waals surface area contributed by atoms with Gasteiger partial charge in [0.2, 0.25) is 0 Å². The third-order valence-corrected chi connectivity index (χ3v) is 3.24. The average Bonchev–Trinajstić information content (AvgIpc) is 3.05. The van der Waals surface area contributed by atoms with E-state index in [-0.39, 0.29) is 0 Å². The minimum Gasteiger partial charge on any atom is -0.364 e. The molecule has 88 valence electrons. The maximum Gasteiger partial charge on any atom is 0.186 e. The Morgan fingerprint density at radius 3 is 2.78 bits per heavy atom. The first-order valence-corrected chi connectivity index (χ1v) is 5.86. The molecule has 0 fully saturated rings. The molecule has 0 bridgehead atoms. The molecule has 0 N–H and O–H groups in total. The third kappa shape index (κ3) is 1.24. The van der Waals surface area contributed by atoms with Crippen molar-refractivity contribution in [3.05, 3.63) is 42.2 Å². The molecule has 3 heterocycles. The molecule has 1 aromatic carbocycles. The molecule has 1 aliphatic rings. The van der Waals surface area contributed by atoms with E-state index in [1.54, 1.807) is 6.26 Å². The highest BCUT2D eigenvalue weighted by atomic mass is 16.5. The van der Waals surface area contributed by atoms with Crippen LogP contribution in [0.15, 0.2) is 41.1 Å². The highest BCUT2D eigenvalue weighted by molar-refractivity contribution is 5.63. The number of hydrogen-bond acceptors (Lipinski definition) is 4. The molecule has 5 heteroatoms. The molecule has 0 atom stereocenters. The lowest BCUT2D eigenvalue weighted by Gasteiger charge is -2.13. The Kier molecular flexibility index (Phi) is 1.88. The molecular formula is C13H10N4O. The number of hydrogen-bond donors (Lipinski definition) is 0. The summed E-state index contributed by atoms with van der Waals surface area (Å²) in [6, 6.07) is 10.1. The topological polar surface area (TPSA) is 56.7 Å². The van der Waals surface area contributed by atoms with Crippen molar-refractivity contribution >= 4 is 0 Å². The van der Waals surface area contributed by atoms with Crippen LogP contribution in [0, 0.1) is 0 Å². The van der Waals surface area contributed by atoms with E-state index in [1.807, 2.05) is 30.3 Å². The van der Waals surface area contributed by atoms with E-state index in [0.717, 1.165) is 41.4 Å². The summed E-state index contributed by atoms with van der Waals surface area (Å²) in [6.07, 6.45) is 2.60. The van der Waals surface area contributed by atoms with Gasteiger partial charge in [0.25, 0.3) is 0 Å². The molecule has 0 saturated carbocycles. The zero-order valence-corrected chi connectivity index (χ0v) is 9.58. The van der Waals surface area contributed by atoms with Gasteiger partial charge in [-0.3, -0.25) is 0 Å². The van der Waals surface area contributed by atoms with Crippen LogP contribution in [0.2, 0.25) is 0 Å². The predicted octanol–water partition coefficient (Wildman–Crippen LogP) is 2.16. The maximum absolute atomic E-state index is 5.01. The summed E-state index contributed by atoms with van der Waals surface area (Å²) in [4.78, 5) is 0. The van der Waals surface area contributed by atoms with E-state index in [9.17, 15) is 0 Å². The van der Waals surface area contributed by atoms with Gasteiger partial charge in [0.1, 0.15) is 6.26 Å². The molecule has 0 radical (unpaired) electrons. The Morgan fingerprint density at radius 2 is 1.89 bits per heavy atom. The first-order chi connectivity index (χ1) is 8.93. The van der Waals surface area contributed by atoms with Crippen LogP contribution in [-0.2, 0) is 13.0 Å². The molecule has 0 spiro atoms. The van der Waals surface area contributed by atoms with Crippen LogP contribution in [0.1, 0.15) is 5.56 Å². The lowest BCUT2D eigenvalue weighted by molar-refractivity contribution is 0.421. The van der Waals surface area contributed by atoms with Gasteiger partial charge in [0.15, 0.2) is 17.3 Å². The van der Waals surface area contributed by atoms with Crippen molar-refractivity contribution < 1.29 is 4.52 Å². The molecule has 4 rings (SSSR count). The van der Waals surface area contributed by atoms with Crippen molar-refractivity contribution in [1.29, 1.82) is 0 Å². The Balaban J connectivity index is 1.91. The second-order valence-corrected chi connectivity index (χ2v) is 4.30. The van der Waals surface area contributed by atoms with E-state index in [4.69, 9.17) is 4.52 Å². The lowest BCUT2D eigenvalue weighted by atomic mass is 10.1. The Morgan fingerprint density at radius 1 is 1.06 bits per heavy atom. The van der Waals surface area contributed by atoms with Gasteiger partial charge in [0.05, 0.1) is 0 Å². The van der Waals surface area contributed by atoms with Gasteiger partial charge < -0.3 is 9.09 Å². The Hall–Kier alpha value is -2.43. The maximum atomic E-state index is 5.01. The SMILES string of the molecule is c1ccc(-c2nnc3n2CCc2conc2-3)cc1. The molecule has 2 aromatic heterocycles. The van der Waals surface area contributed by atoms with Gasteiger partial charge in [-0.05, 0) is 6.42 Å². The van der Waals surface area contributed by atoms with E-state index >= 15 is 0 Å². The van der Waals surface area contributed by atoms with Crippen LogP contribution in [0.25, 0.3) is 22.9 Å². The van der Waals surface area contributed by atoms with Crippen molar-refractivity contribution in [3.63, 3.8) is 0 Å². The van der Waals surface area contributed by atoms with Crippen molar-refractivity contribution in [1.82, 2.24) is 19.9 Å². The predicted molar refractivity (Wildman–Crippen MR) is 64.7 cm³/mol. The lowest BCUT2D eigenvalue weighted by Crippen LogP contribution is -2.11. The smallest absolute Gasteiger partial charge is 0.186 e. The van der Waals surface area contributed by atoms with Crippen LogP contribution >= 0.6 is 0 Å². The normalized spacial score (nSPS) is 13.1. The van der Waals surface area contributed by atoms with Crippen LogP contribution in [0.3, 0.4) is 0 Å². The van der Waals surface area contributed by atoms with Gasteiger partial charge in [-0.25, -0.2) is 0 Å². The third-order valence-electron chi connectivity index (χ3n) is 3.24. The fourth-order valence-electron chi connectivity index (χ4n) is 2.34. The Labute approximate surface area is 103 Å². The summed E-state index contributed by atoms with van der Waals surface area (Å²) in [7, 11) is 0. The number of rotatable bonds is 1. The van der Waals surface area contributed by atoms with E-state index < -0.39 is 0 Å². The summed E-state index contributed by atoms with van der Waals surface area (Å²) < 4.78 is 7.11. The summed E-state index contributed by atoms with van der Waals surface area (Å²) >= 11 is 0. The number of fused-ring (bicyclic) bond motifs is 3. The van der Waals surface area contributed by atoms with E-state index in [0.29, 0.717) is 0 Å². The average molecular weight is 238 g/mol. The molecule has 0 saturated heterocycles. The highest BCUT2D eigenvalue weighted by Gasteiger charge is 2.24. The summed E-state index contributed by atoms with van der Waals surface area (Å²) in [5.74, 6) is 1.68. The van der Waals surface area contributed by atoms with Gasteiger partial charge in [-0.1, -0.05) is 35.5 Å².